The van der Waals surface area contributed by atoms with Gasteiger partial charge in [0.25, 0.3) is 5.91 Å². The number of amides is 1. The molecule has 1 aliphatic heterocycles. The monoisotopic (exact) mass is 428 g/mol. The lowest BCUT2D eigenvalue weighted by Gasteiger charge is -2.34. The van der Waals surface area contributed by atoms with Gasteiger partial charge >= 0.3 is 0 Å². The number of hydrogen-bond donors (Lipinski definition) is 0. The normalized spacial score (nSPS) is 14.7. The van der Waals surface area contributed by atoms with Crippen molar-refractivity contribution in [3.8, 4) is 0 Å². The molecule has 0 bridgehead atoms. The van der Waals surface area contributed by atoms with Crippen LogP contribution in [0.4, 0.5) is 4.39 Å². The summed E-state index contributed by atoms with van der Waals surface area (Å²) in [6.07, 6.45) is 0. The number of rotatable bonds is 5. The Kier molecular flexibility index (Phi) is 5.69. The second kappa shape index (κ2) is 8.93. The predicted molar refractivity (Wildman–Crippen MR) is 123 cm³/mol. The van der Waals surface area contributed by atoms with Crippen LogP contribution in [-0.2, 0) is 13.1 Å². The summed E-state index contributed by atoms with van der Waals surface area (Å²) < 4.78 is 15.8. The summed E-state index contributed by atoms with van der Waals surface area (Å²) in [5.41, 5.74) is 3.77. The van der Waals surface area contributed by atoms with Crippen molar-refractivity contribution in [2.45, 2.75) is 13.1 Å². The molecule has 0 unspecified atom stereocenters. The molecule has 32 heavy (non-hydrogen) atoms. The third-order valence-corrected chi connectivity index (χ3v) is 6.01. The molecule has 0 aliphatic carbocycles. The molecule has 5 rings (SSSR count). The second-order valence-corrected chi connectivity index (χ2v) is 8.17. The van der Waals surface area contributed by atoms with Crippen molar-refractivity contribution in [1.29, 1.82) is 0 Å². The first-order chi connectivity index (χ1) is 15.7. The van der Waals surface area contributed by atoms with Crippen molar-refractivity contribution < 1.29 is 9.18 Å². The summed E-state index contributed by atoms with van der Waals surface area (Å²) in [5.74, 6) is 0.534. The highest BCUT2D eigenvalue weighted by atomic mass is 19.1. The van der Waals surface area contributed by atoms with Crippen molar-refractivity contribution in [2.75, 3.05) is 26.2 Å². The molecular formula is C26H25FN4O. The first-order valence-corrected chi connectivity index (χ1v) is 10.9. The summed E-state index contributed by atoms with van der Waals surface area (Å²) in [6, 6.07) is 24.6. The molecule has 0 saturated carbocycles. The molecule has 0 atom stereocenters. The van der Waals surface area contributed by atoms with Gasteiger partial charge in [0.15, 0.2) is 0 Å². The fourth-order valence-corrected chi connectivity index (χ4v) is 4.30. The number of piperazine rings is 1. The Bertz CT molecular complexity index is 1230. The van der Waals surface area contributed by atoms with Crippen LogP contribution >= 0.6 is 0 Å². The number of nitrogens with zero attached hydrogens (tertiary/aromatic N) is 4. The van der Waals surface area contributed by atoms with Crippen LogP contribution < -0.4 is 0 Å². The van der Waals surface area contributed by atoms with Crippen LogP contribution in [-0.4, -0.2) is 51.4 Å². The Labute approximate surface area is 186 Å². The highest BCUT2D eigenvalue weighted by Gasteiger charge is 2.24. The van der Waals surface area contributed by atoms with E-state index in [0.717, 1.165) is 43.0 Å². The van der Waals surface area contributed by atoms with E-state index in [0.29, 0.717) is 18.7 Å². The molecule has 6 heteroatoms. The zero-order valence-corrected chi connectivity index (χ0v) is 17.8. The zero-order valence-electron chi connectivity index (χ0n) is 17.8. The number of imidazole rings is 1. The zero-order chi connectivity index (χ0) is 21.9. The van der Waals surface area contributed by atoms with Crippen LogP contribution in [0.5, 0.6) is 0 Å². The van der Waals surface area contributed by atoms with Gasteiger partial charge < -0.3 is 9.47 Å². The summed E-state index contributed by atoms with van der Waals surface area (Å²) >= 11 is 0. The Balaban J connectivity index is 1.30. The predicted octanol–water partition coefficient (Wildman–Crippen LogP) is 4.18. The van der Waals surface area contributed by atoms with Gasteiger partial charge in [0.1, 0.15) is 11.6 Å². The Hall–Kier alpha value is -3.51. The quantitative estimate of drug-likeness (QED) is 0.479. The Morgan fingerprint density at radius 3 is 2.38 bits per heavy atom. The molecule has 1 amide bonds. The molecule has 162 valence electrons. The van der Waals surface area contributed by atoms with E-state index in [1.165, 1.54) is 17.7 Å². The smallest absolute Gasteiger partial charge is 0.254 e. The van der Waals surface area contributed by atoms with Crippen LogP contribution in [0.2, 0.25) is 0 Å². The number of aromatic nitrogens is 2. The molecular weight excluding hydrogens is 403 g/mol. The summed E-state index contributed by atoms with van der Waals surface area (Å²) in [4.78, 5) is 21.8. The first kappa shape index (κ1) is 20.4. The van der Waals surface area contributed by atoms with E-state index >= 15 is 0 Å². The number of halogens is 1. The van der Waals surface area contributed by atoms with Crippen molar-refractivity contribution in [1.82, 2.24) is 19.4 Å². The van der Waals surface area contributed by atoms with Crippen molar-refractivity contribution >= 4 is 16.9 Å². The molecule has 1 aromatic heterocycles. The molecule has 5 nitrogen and oxygen atoms in total. The SMILES string of the molecule is O=C(c1cccc(F)c1)N1CCN(Cc2nc3ccccc3n2Cc2ccccc2)CC1. The van der Waals surface area contributed by atoms with Crippen molar-refractivity contribution in [2.24, 2.45) is 0 Å². The molecule has 1 aliphatic rings. The highest BCUT2D eigenvalue weighted by molar-refractivity contribution is 5.94. The van der Waals surface area contributed by atoms with Crippen LogP contribution in [0.15, 0.2) is 78.9 Å². The molecule has 0 N–H and O–H groups in total. The van der Waals surface area contributed by atoms with E-state index in [2.05, 4.69) is 45.9 Å². The van der Waals surface area contributed by atoms with E-state index in [9.17, 15) is 9.18 Å². The topological polar surface area (TPSA) is 41.4 Å². The van der Waals surface area contributed by atoms with E-state index in [-0.39, 0.29) is 11.7 Å². The lowest BCUT2D eigenvalue weighted by Crippen LogP contribution is -2.48. The maximum atomic E-state index is 13.5. The number of hydrogen-bond acceptors (Lipinski definition) is 3. The summed E-state index contributed by atoms with van der Waals surface area (Å²) in [7, 11) is 0. The minimum absolute atomic E-state index is 0.111. The van der Waals surface area contributed by atoms with Gasteiger partial charge in [-0.25, -0.2) is 9.37 Å². The van der Waals surface area contributed by atoms with Gasteiger partial charge in [-0.05, 0) is 35.9 Å². The number of carbonyl (C=O) groups excluding carboxylic acids is 1. The average molecular weight is 429 g/mol. The summed E-state index contributed by atoms with van der Waals surface area (Å²) in [6.45, 7) is 4.26. The molecule has 3 aromatic carbocycles. The van der Waals surface area contributed by atoms with Gasteiger partial charge in [0.2, 0.25) is 0 Å². The van der Waals surface area contributed by atoms with E-state index in [1.807, 2.05) is 18.2 Å². The fourth-order valence-electron chi connectivity index (χ4n) is 4.30. The van der Waals surface area contributed by atoms with Crippen LogP contribution in [0.1, 0.15) is 21.7 Å². The van der Waals surface area contributed by atoms with Crippen molar-refractivity contribution in [3.05, 3.63) is 102 Å². The Morgan fingerprint density at radius 1 is 0.844 bits per heavy atom. The fraction of sp³-hybridized carbons (Fsp3) is 0.231. The molecule has 0 spiro atoms. The number of fused-ring (bicyclic) bond motifs is 1. The largest absolute Gasteiger partial charge is 0.336 e. The lowest BCUT2D eigenvalue weighted by atomic mass is 10.1. The lowest BCUT2D eigenvalue weighted by molar-refractivity contribution is 0.0624. The maximum Gasteiger partial charge on any atom is 0.254 e. The van der Waals surface area contributed by atoms with E-state index in [1.54, 1.807) is 17.0 Å². The highest BCUT2D eigenvalue weighted by Crippen LogP contribution is 2.20. The molecule has 2 heterocycles. The standard InChI is InChI=1S/C26H25FN4O/c27-22-10-6-9-21(17-22)26(32)30-15-13-29(14-16-30)19-25-28-23-11-4-5-12-24(23)31(25)18-20-7-2-1-3-8-20/h1-12,17H,13-16,18-19H2. The van der Waals surface area contributed by atoms with Gasteiger partial charge in [-0.1, -0.05) is 48.5 Å². The summed E-state index contributed by atoms with van der Waals surface area (Å²) in [5, 5.41) is 0. The molecule has 1 fully saturated rings. The van der Waals surface area contributed by atoms with Gasteiger partial charge in [-0.15, -0.1) is 0 Å². The second-order valence-electron chi connectivity index (χ2n) is 8.17. The van der Waals surface area contributed by atoms with Gasteiger partial charge in [-0.3, -0.25) is 9.69 Å². The van der Waals surface area contributed by atoms with Crippen LogP contribution in [0.3, 0.4) is 0 Å². The third kappa shape index (κ3) is 4.27. The van der Waals surface area contributed by atoms with Crippen molar-refractivity contribution in [3.63, 3.8) is 0 Å². The van der Waals surface area contributed by atoms with Crippen LogP contribution in [0.25, 0.3) is 11.0 Å². The Morgan fingerprint density at radius 2 is 1.59 bits per heavy atom. The van der Waals surface area contributed by atoms with Gasteiger partial charge in [-0.2, -0.15) is 0 Å². The van der Waals surface area contributed by atoms with E-state index in [4.69, 9.17) is 4.98 Å². The number of para-hydroxylation sites is 2. The number of benzene rings is 3. The van der Waals surface area contributed by atoms with E-state index < -0.39 is 0 Å². The van der Waals surface area contributed by atoms with Gasteiger partial charge in [0.05, 0.1) is 17.6 Å². The average Bonchev–Trinajstić information content (AvgIpc) is 3.16. The molecule has 0 radical (unpaired) electrons. The number of carbonyl (C=O) groups is 1. The maximum absolute atomic E-state index is 13.5. The molecule has 4 aromatic rings. The van der Waals surface area contributed by atoms with Crippen LogP contribution in [0, 0.1) is 5.82 Å². The minimum Gasteiger partial charge on any atom is -0.336 e. The first-order valence-electron chi connectivity index (χ1n) is 10.9. The minimum atomic E-state index is -0.383. The third-order valence-electron chi connectivity index (χ3n) is 6.01. The molecule has 1 saturated heterocycles. The van der Waals surface area contributed by atoms with Gasteiger partial charge in [0, 0.05) is 38.3 Å².